The number of aryl methyl sites for hydroxylation is 2. The topological polar surface area (TPSA) is 101 Å². The van der Waals surface area contributed by atoms with Crippen molar-refractivity contribution in [3.8, 4) is 45.5 Å². The maximum atomic E-state index is 12.4. The highest BCUT2D eigenvalue weighted by molar-refractivity contribution is 5.93. The van der Waals surface area contributed by atoms with Crippen molar-refractivity contribution in [1.29, 1.82) is 0 Å². The van der Waals surface area contributed by atoms with Crippen molar-refractivity contribution in [1.82, 2.24) is 9.78 Å². The lowest BCUT2D eigenvalue weighted by molar-refractivity contribution is -0.132. The molecule has 4 rings (SSSR count). The van der Waals surface area contributed by atoms with E-state index in [-0.39, 0.29) is 18.4 Å². The molecule has 0 aliphatic heterocycles. The number of ether oxygens (including phenoxy) is 4. The molecule has 3 aromatic carbocycles. The molecule has 1 heterocycles. The Kier molecular flexibility index (Phi) is 8.31. The maximum absolute atomic E-state index is 12.4. The van der Waals surface area contributed by atoms with Gasteiger partial charge in [0.05, 0.1) is 25.5 Å². The average Bonchev–Trinajstić information content (AvgIpc) is 3.28. The van der Waals surface area contributed by atoms with Gasteiger partial charge in [-0.3, -0.25) is 9.59 Å². The molecule has 0 fully saturated rings. The summed E-state index contributed by atoms with van der Waals surface area (Å²) in [5, 5.41) is 7.76. The van der Waals surface area contributed by atoms with E-state index < -0.39 is 5.97 Å². The molecule has 202 valence electrons. The monoisotopic (exact) mass is 529 g/mol. The molecule has 39 heavy (non-hydrogen) atoms. The third-order valence-electron chi connectivity index (χ3n) is 6.03. The second-order valence-corrected chi connectivity index (χ2v) is 8.98. The minimum atomic E-state index is -0.485. The molecule has 0 aliphatic rings. The number of benzene rings is 3. The summed E-state index contributed by atoms with van der Waals surface area (Å²) in [5.74, 6) is 0.687. The molecule has 1 amide bonds. The van der Waals surface area contributed by atoms with Gasteiger partial charge in [-0.25, -0.2) is 0 Å². The minimum absolute atomic E-state index is 0.0528. The smallest absolute Gasteiger partial charge is 0.309 e. The van der Waals surface area contributed by atoms with Crippen LogP contribution in [0.4, 0.5) is 5.69 Å². The number of nitrogens with zero attached hydrogens (tertiary/aromatic N) is 2. The maximum Gasteiger partial charge on any atom is 0.309 e. The van der Waals surface area contributed by atoms with Crippen molar-refractivity contribution in [2.75, 3.05) is 33.3 Å². The molecule has 0 saturated heterocycles. The third kappa shape index (κ3) is 6.10. The van der Waals surface area contributed by atoms with Gasteiger partial charge in [-0.15, -0.1) is 0 Å². The van der Waals surface area contributed by atoms with Gasteiger partial charge in [0.1, 0.15) is 23.8 Å². The predicted molar refractivity (Wildman–Crippen MR) is 149 cm³/mol. The zero-order valence-corrected chi connectivity index (χ0v) is 22.8. The second kappa shape index (κ2) is 11.8. The molecule has 0 aliphatic carbocycles. The Balaban J connectivity index is 1.99. The van der Waals surface area contributed by atoms with E-state index in [0.29, 0.717) is 34.0 Å². The number of hydrogen-bond donors (Lipinski definition) is 1. The van der Waals surface area contributed by atoms with Gasteiger partial charge in [-0.2, -0.15) is 9.78 Å². The van der Waals surface area contributed by atoms with Crippen molar-refractivity contribution in [3.63, 3.8) is 0 Å². The fourth-order valence-electron chi connectivity index (χ4n) is 4.20. The molecule has 1 N–H and O–H groups in total. The van der Waals surface area contributed by atoms with Crippen molar-refractivity contribution < 1.29 is 28.5 Å². The second-order valence-electron chi connectivity index (χ2n) is 8.98. The van der Waals surface area contributed by atoms with E-state index in [4.69, 9.17) is 24.0 Å². The number of carbonyl (C=O) groups is 2. The zero-order valence-electron chi connectivity index (χ0n) is 22.8. The number of hydrogen-bond acceptors (Lipinski definition) is 7. The van der Waals surface area contributed by atoms with Gasteiger partial charge in [-0.05, 0) is 60.9 Å². The first-order chi connectivity index (χ1) is 18.7. The lowest BCUT2D eigenvalue weighted by Crippen LogP contribution is -2.16. The molecular formula is C30H31N3O6. The largest absolute Gasteiger partial charge is 0.497 e. The van der Waals surface area contributed by atoms with Crippen LogP contribution in [0, 0.1) is 13.8 Å². The minimum Gasteiger partial charge on any atom is -0.497 e. The lowest BCUT2D eigenvalue weighted by atomic mass is 10.0. The lowest BCUT2D eigenvalue weighted by Gasteiger charge is -2.12. The highest BCUT2D eigenvalue weighted by Gasteiger charge is 2.26. The quantitative estimate of drug-likeness (QED) is 0.292. The van der Waals surface area contributed by atoms with Gasteiger partial charge in [0.25, 0.3) is 0 Å². The summed E-state index contributed by atoms with van der Waals surface area (Å²) in [5.41, 5.74) is 5.94. The van der Waals surface area contributed by atoms with Gasteiger partial charge >= 0.3 is 5.97 Å². The number of anilines is 1. The van der Waals surface area contributed by atoms with Crippen molar-refractivity contribution in [2.45, 2.75) is 20.8 Å². The zero-order chi connectivity index (χ0) is 28.1. The molecule has 0 atom stereocenters. The van der Waals surface area contributed by atoms with Crippen LogP contribution in [0.1, 0.15) is 18.1 Å². The summed E-state index contributed by atoms with van der Waals surface area (Å²) >= 11 is 0. The molecule has 0 bridgehead atoms. The van der Waals surface area contributed by atoms with E-state index >= 15 is 0 Å². The van der Waals surface area contributed by atoms with Gasteiger partial charge in [0.2, 0.25) is 11.8 Å². The van der Waals surface area contributed by atoms with Crippen LogP contribution in [0.25, 0.3) is 28.1 Å². The number of esters is 1. The van der Waals surface area contributed by atoms with E-state index in [1.54, 1.807) is 37.1 Å². The normalized spacial score (nSPS) is 10.7. The average molecular weight is 530 g/mol. The number of rotatable bonds is 9. The number of carbonyl (C=O) groups excluding carboxylic acids is 2. The van der Waals surface area contributed by atoms with E-state index in [1.165, 1.54) is 14.0 Å². The molecule has 1 aromatic heterocycles. The molecule has 9 heteroatoms. The van der Waals surface area contributed by atoms with Crippen LogP contribution in [-0.2, 0) is 14.3 Å². The van der Waals surface area contributed by atoms with Crippen LogP contribution < -0.4 is 19.5 Å². The van der Waals surface area contributed by atoms with Crippen LogP contribution in [0.2, 0.25) is 0 Å². The highest BCUT2D eigenvalue weighted by atomic mass is 16.5. The first-order valence-corrected chi connectivity index (χ1v) is 12.3. The van der Waals surface area contributed by atoms with Crippen LogP contribution in [0.15, 0.2) is 60.7 Å². The summed E-state index contributed by atoms with van der Waals surface area (Å²) in [7, 11) is 4.62. The first-order valence-electron chi connectivity index (χ1n) is 12.3. The predicted octanol–water partition coefficient (Wildman–Crippen LogP) is 5.35. The van der Waals surface area contributed by atoms with Crippen molar-refractivity contribution in [3.05, 3.63) is 71.8 Å². The Hall–Kier alpha value is -4.63. The van der Waals surface area contributed by atoms with Crippen LogP contribution in [-0.4, -0.2) is 49.6 Å². The Morgan fingerprint density at radius 2 is 1.54 bits per heavy atom. The van der Waals surface area contributed by atoms with Gasteiger partial charge < -0.3 is 24.3 Å². The van der Waals surface area contributed by atoms with Gasteiger partial charge in [-0.1, -0.05) is 24.3 Å². The van der Waals surface area contributed by atoms with Crippen LogP contribution in [0.5, 0.6) is 17.4 Å². The Bertz CT molecular complexity index is 1490. The highest BCUT2D eigenvalue weighted by Crippen LogP contribution is 2.43. The van der Waals surface area contributed by atoms with Gasteiger partial charge in [0.15, 0.2) is 0 Å². The SMILES string of the molecule is COCC(=O)Nc1ccc(-c2c(-c3cc(OC)cc(OC)c3)nn(-c3cc(C)ccc3C)c2OC(C)=O)cc1. The standard InChI is InChI=1S/C30H31N3O6/c1-18-7-8-19(2)26(13-18)33-30(39-20(3)34)28(21-9-11-23(12-10-21)31-27(35)17-36-4)29(32-33)22-14-24(37-5)16-25(15-22)38-6/h7-16H,17H2,1-6H3,(H,31,35). The molecule has 0 unspecified atom stereocenters. The number of aromatic nitrogens is 2. The Labute approximate surface area is 227 Å². The number of nitrogens with one attached hydrogen (secondary N) is 1. The fraction of sp³-hybridized carbons (Fsp3) is 0.233. The summed E-state index contributed by atoms with van der Waals surface area (Å²) in [6.07, 6.45) is 0. The Morgan fingerprint density at radius 1 is 0.872 bits per heavy atom. The van der Waals surface area contributed by atoms with E-state index in [2.05, 4.69) is 5.32 Å². The van der Waals surface area contributed by atoms with E-state index in [9.17, 15) is 9.59 Å². The molecule has 9 nitrogen and oxygen atoms in total. The van der Waals surface area contributed by atoms with Crippen LogP contribution in [0.3, 0.4) is 0 Å². The van der Waals surface area contributed by atoms with Crippen molar-refractivity contribution in [2.24, 2.45) is 0 Å². The number of methoxy groups -OCH3 is 3. The van der Waals surface area contributed by atoms with Crippen LogP contribution >= 0.6 is 0 Å². The van der Waals surface area contributed by atoms with Gasteiger partial charge in [0, 0.05) is 31.4 Å². The summed E-state index contributed by atoms with van der Waals surface area (Å²) < 4.78 is 23.4. The molecule has 0 spiro atoms. The molecule has 0 saturated carbocycles. The van der Waals surface area contributed by atoms with Crippen molar-refractivity contribution >= 4 is 17.6 Å². The number of amides is 1. The Morgan fingerprint density at radius 3 is 2.13 bits per heavy atom. The van der Waals surface area contributed by atoms with E-state index in [0.717, 1.165) is 22.4 Å². The third-order valence-corrected chi connectivity index (χ3v) is 6.03. The van der Waals surface area contributed by atoms with E-state index in [1.807, 2.05) is 56.3 Å². The molecule has 4 aromatic rings. The first kappa shape index (κ1) is 27.4. The molecular weight excluding hydrogens is 498 g/mol. The summed E-state index contributed by atoms with van der Waals surface area (Å²) in [4.78, 5) is 24.3. The summed E-state index contributed by atoms with van der Waals surface area (Å²) in [6.45, 7) is 5.26. The summed E-state index contributed by atoms with van der Waals surface area (Å²) in [6, 6.07) is 18.7. The fourth-order valence-corrected chi connectivity index (χ4v) is 4.20. The molecule has 0 radical (unpaired) electrons.